The summed E-state index contributed by atoms with van der Waals surface area (Å²) >= 11 is 0. The molecule has 0 aliphatic rings. The van der Waals surface area contributed by atoms with E-state index in [-0.39, 0.29) is 12.2 Å². The topological polar surface area (TPSA) is 75.4 Å². The van der Waals surface area contributed by atoms with E-state index in [0.717, 1.165) is 5.56 Å². The van der Waals surface area contributed by atoms with Crippen LogP contribution in [-0.4, -0.2) is 17.1 Å². The van der Waals surface area contributed by atoms with Crippen molar-refractivity contribution in [3.8, 4) is 18.1 Å². The van der Waals surface area contributed by atoms with Crippen molar-refractivity contribution in [3.63, 3.8) is 0 Å². The van der Waals surface area contributed by atoms with Crippen LogP contribution in [0.5, 0.6) is 5.75 Å². The smallest absolute Gasteiger partial charge is 0.242 e. The molecule has 4 nitrogen and oxygen atoms in total. The Morgan fingerprint density at radius 2 is 2.38 bits per heavy atom. The molecule has 4 N–H and O–H groups in total. The van der Waals surface area contributed by atoms with Gasteiger partial charge in [0.15, 0.2) is 0 Å². The lowest BCUT2D eigenvalue weighted by atomic mass is 10.2. The highest BCUT2D eigenvalue weighted by Gasteiger charge is 2.13. The Bertz CT molecular complexity index is 435. The van der Waals surface area contributed by atoms with E-state index < -0.39 is 11.9 Å². The Kier molecular flexibility index (Phi) is 3.92. The van der Waals surface area contributed by atoms with Crippen LogP contribution in [0, 0.1) is 19.3 Å². The highest BCUT2D eigenvalue weighted by atomic mass is 16.3. The number of terminal acetylenes is 1. The van der Waals surface area contributed by atoms with Gasteiger partial charge < -0.3 is 16.2 Å². The zero-order valence-corrected chi connectivity index (χ0v) is 9.03. The first-order valence-electron chi connectivity index (χ1n) is 4.84. The minimum atomic E-state index is -0.759. The second-order valence-electron chi connectivity index (χ2n) is 3.52. The Labute approximate surface area is 94.5 Å². The second-order valence-corrected chi connectivity index (χ2v) is 3.52. The summed E-state index contributed by atoms with van der Waals surface area (Å²) in [6.07, 6.45) is 5.22. The number of hydrogen-bond acceptors (Lipinski definition) is 3. The molecule has 1 rings (SSSR count). The third-order valence-corrected chi connectivity index (χ3v) is 2.08. The Morgan fingerprint density at radius 1 is 1.69 bits per heavy atom. The summed E-state index contributed by atoms with van der Waals surface area (Å²) in [6.45, 7) is 1.86. The quantitative estimate of drug-likeness (QED) is 0.523. The zero-order valence-electron chi connectivity index (χ0n) is 9.03. The van der Waals surface area contributed by atoms with Crippen LogP contribution < -0.4 is 11.1 Å². The largest absolute Gasteiger partial charge is 0.506 e. The maximum absolute atomic E-state index is 11.5. The van der Waals surface area contributed by atoms with Gasteiger partial charge in [-0.3, -0.25) is 4.79 Å². The first kappa shape index (κ1) is 12.1. The molecule has 1 atom stereocenters. The highest BCUT2D eigenvalue weighted by Crippen LogP contribution is 2.23. The van der Waals surface area contributed by atoms with E-state index in [9.17, 15) is 9.90 Å². The van der Waals surface area contributed by atoms with Crippen LogP contribution in [0.2, 0.25) is 0 Å². The summed E-state index contributed by atoms with van der Waals surface area (Å²) in [7, 11) is 0. The lowest BCUT2D eigenvalue weighted by molar-refractivity contribution is -0.117. The van der Waals surface area contributed by atoms with Crippen molar-refractivity contribution in [3.05, 3.63) is 23.8 Å². The third-order valence-electron chi connectivity index (χ3n) is 2.08. The van der Waals surface area contributed by atoms with E-state index in [1.54, 1.807) is 12.1 Å². The number of amides is 1. The first-order valence-corrected chi connectivity index (χ1v) is 4.84. The van der Waals surface area contributed by atoms with Crippen LogP contribution in [0.1, 0.15) is 12.0 Å². The number of benzene rings is 1. The molecule has 0 radical (unpaired) electrons. The molecule has 0 spiro atoms. The fraction of sp³-hybridized carbons (Fsp3) is 0.250. The molecular weight excluding hydrogens is 204 g/mol. The Hall–Kier alpha value is -1.99. The number of anilines is 1. The zero-order chi connectivity index (χ0) is 12.1. The molecule has 0 aromatic heterocycles. The van der Waals surface area contributed by atoms with Crippen LogP contribution in [0.25, 0.3) is 0 Å². The summed E-state index contributed by atoms with van der Waals surface area (Å²) in [5.41, 5.74) is 6.80. The van der Waals surface area contributed by atoms with Gasteiger partial charge in [0.2, 0.25) is 5.91 Å². The van der Waals surface area contributed by atoms with Crippen LogP contribution in [-0.2, 0) is 4.79 Å². The number of carbonyl (C=O) groups is 1. The Morgan fingerprint density at radius 3 is 3.00 bits per heavy atom. The van der Waals surface area contributed by atoms with Crippen molar-refractivity contribution in [2.45, 2.75) is 19.4 Å². The summed E-state index contributed by atoms with van der Waals surface area (Å²) in [5.74, 6) is 1.91. The molecule has 1 aromatic carbocycles. The average molecular weight is 218 g/mol. The van der Waals surface area contributed by atoms with Crippen molar-refractivity contribution in [1.29, 1.82) is 0 Å². The van der Waals surface area contributed by atoms with Crippen LogP contribution in [0.15, 0.2) is 18.2 Å². The van der Waals surface area contributed by atoms with Gasteiger partial charge in [0.25, 0.3) is 0 Å². The molecule has 0 aliphatic carbocycles. The number of hydrogen-bond donors (Lipinski definition) is 3. The molecule has 0 heterocycles. The highest BCUT2D eigenvalue weighted by molar-refractivity contribution is 5.96. The summed E-state index contributed by atoms with van der Waals surface area (Å²) in [4.78, 5) is 11.5. The summed E-state index contributed by atoms with van der Waals surface area (Å²) in [5, 5.41) is 12.0. The molecule has 0 saturated heterocycles. The van der Waals surface area contributed by atoms with E-state index in [2.05, 4.69) is 11.2 Å². The predicted octanol–water partition coefficient (Wildman–Crippen LogP) is 0.990. The normalized spacial score (nSPS) is 11.6. The average Bonchev–Trinajstić information content (AvgIpc) is 2.23. The van der Waals surface area contributed by atoms with Crippen LogP contribution in [0.4, 0.5) is 5.69 Å². The molecule has 1 unspecified atom stereocenters. The van der Waals surface area contributed by atoms with Gasteiger partial charge in [0.1, 0.15) is 5.75 Å². The van der Waals surface area contributed by atoms with Gasteiger partial charge in [0.05, 0.1) is 11.7 Å². The van der Waals surface area contributed by atoms with Gasteiger partial charge in [-0.2, -0.15) is 0 Å². The lowest BCUT2D eigenvalue weighted by Gasteiger charge is -2.11. The minimum absolute atomic E-state index is 0.00635. The van der Waals surface area contributed by atoms with E-state index in [0.29, 0.717) is 5.69 Å². The van der Waals surface area contributed by atoms with Crippen molar-refractivity contribution < 1.29 is 9.90 Å². The summed E-state index contributed by atoms with van der Waals surface area (Å²) < 4.78 is 0. The molecule has 1 aromatic rings. The van der Waals surface area contributed by atoms with Crippen molar-refractivity contribution >= 4 is 11.6 Å². The predicted molar refractivity (Wildman–Crippen MR) is 62.9 cm³/mol. The monoisotopic (exact) mass is 218 g/mol. The lowest BCUT2D eigenvalue weighted by Crippen LogP contribution is -2.35. The minimum Gasteiger partial charge on any atom is -0.506 e. The molecule has 0 bridgehead atoms. The molecular formula is C12H14N2O2. The van der Waals surface area contributed by atoms with Gasteiger partial charge in [-0.25, -0.2) is 0 Å². The fourth-order valence-electron chi connectivity index (χ4n) is 1.20. The number of aryl methyl sites for hydroxylation is 1. The van der Waals surface area contributed by atoms with Crippen LogP contribution >= 0.6 is 0 Å². The first-order chi connectivity index (χ1) is 7.54. The van der Waals surface area contributed by atoms with Gasteiger partial charge in [-0.05, 0) is 24.6 Å². The standard InChI is InChI=1S/C12H14N2O2/c1-3-4-9(13)12(16)14-10-7-8(2)5-6-11(10)15/h1,5-7,9,15H,4,13H2,2H3,(H,14,16). The van der Waals surface area contributed by atoms with E-state index in [1.165, 1.54) is 6.07 Å². The third kappa shape index (κ3) is 3.01. The number of nitrogens with one attached hydrogen (secondary N) is 1. The second kappa shape index (κ2) is 5.19. The molecule has 16 heavy (non-hydrogen) atoms. The maximum atomic E-state index is 11.5. The van der Waals surface area contributed by atoms with Gasteiger partial charge >= 0.3 is 0 Å². The Balaban J connectivity index is 2.77. The van der Waals surface area contributed by atoms with Crippen molar-refractivity contribution in [2.75, 3.05) is 5.32 Å². The number of phenolic OH excluding ortho intramolecular Hbond substituents is 1. The van der Waals surface area contributed by atoms with Gasteiger partial charge in [0, 0.05) is 6.42 Å². The van der Waals surface area contributed by atoms with Crippen molar-refractivity contribution in [2.24, 2.45) is 5.73 Å². The molecule has 84 valence electrons. The maximum Gasteiger partial charge on any atom is 0.242 e. The molecule has 1 amide bonds. The van der Waals surface area contributed by atoms with E-state index in [1.807, 2.05) is 6.92 Å². The molecule has 0 aliphatic heterocycles. The molecule has 4 heteroatoms. The van der Waals surface area contributed by atoms with Gasteiger partial charge in [-0.1, -0.05) is 6.07 Å². The SMILES string of the molecule is C#CCC(N)C(=O)Nc1cc(C)ccc1O. The van der Waals surface area contributed by atoms with Crippen LogP contribution in [0.3, 0.4) is 0 Å². The summed E-state index contributed by atoms with van der Waals surface area (Å²) in [6, 6.07) is 4.16. The van der Waals surface area contributed by atoms with Crippen molar-refractivity contribution in [1.82, 2.24) is 0 Å². The number of aromatic hydroxyl groups is 1. The number of carbonyl (C=O) groups excluding carboxylic acids is 1. The fourth-order valence-corrected chi connectivity index (χ4v) is 1.20. The van der Waals surface area contributed by atoms with E-state index >= 15 is 0 Å². The van der Waals surface area contributed by atoms with Gasteiger partial charge in [-0.15, -0.1) is 12.3 Å². The molecule has 0 fully saturated rings. The number of rotatable bonds is 3. The number of phenols is 1. The van der Waals surface area contributed by atoms with E-state index in [4.69, 9.17) is 12.2 Å². The molecule has 0 saturated carbocycles. The number of nitrogens with two attached hydrogens (primary N) is 1.